The molecule has 1 unspecified atom stereocenters. The molecule has 1 atom stereocenters. The first kappa shape index (κ1) is 12.3. The Labute approximate surface area is 98.6 Å². The Morgan fingerprint density at radius 1 is 1.67 bits per heavy atom. The van der Waals surface area contributed by atoms with E-state index in [1.54, 1.807) is 11.0 Å². The second-order valence-corrected chi connectivity index (χ2v) is 4.53. The van der Waals surface area contributed by atoms with E-state index in [0.29, 0.717) is 16.2 Å². The van der Waals surface area contributed by atoms with Crippen LogP contribution in [0.2, 0.25) is 0 Å². The number of amides is 1. The van der Waals surface area contributed by atoms with E-state index in [1.807, 2.05) is 7.05 Å². The van der Waals surface area contributed by atoms with Gasteiger partial charge in [-0.1, -0.05) is 20.3 Å². The summed E-state index contributed by atoms with van der Waals surface area (Å²) in [4.78, 5) is 13.6. The van der Waals surface area contributed by atoms with Crippen molar-refractivity contribution < 1.29 is 9.21 Å². The van der Waals surface area contributed by atoms with Crippen LogP contribution in [0.25, 0.3) is 0 Å². The van der Waals surface area contributed by atoms with Crippen molar-refractivity contribution >= 4 is 21.8 Å². The van der Waals surface area contributed by atoms with Gasteiger partial charge in [-0.3, -0.25) is 4.79 Å². The normalized spacial score (nSPS) is 12.5. The summed E-state index contributed by atoms with van der Waals surface area (Å²) in [5.41, 5.74) is 0.584. The summed E-state index contributed by atoms with van der Waals surface area (Å²) < 4.78 is 5.54. The highest BCUT2D eigenvalue weighted by Gasteiger charge is 2.17. The average Bonchev–Trinajstić information content (AvgIpc) is 2.63. The first-order chi connectivity index (χ1) is 7.06. The Hall–Kier alpha value is -0.770. The molecule has 0 radical (unpaired) electrons. The van der Waals surface area contributed by atoms with E-state index >= 15 is 0 Å². The molecule has 1 amide bonds. The molecular formula is C11H16BrNO2. The van der Waals surface area contributed by atoms with Crippen LogP contribution in [0.3, 0.4) is 0 Å². The zero-order chi connectivity index (χ0) is 11.4. The van der Waals surface area contributed by atoms with Gasteiger partial charge in [0.1, 0.15) is 0 Å². The zero-order valence-electron chi connectivity index (χ0n) is 9.29. The molecule has 0 saturated heterocycles. The first-order valence-corrected chi connectivity index (χ1v) is 5.84. The van der Waals surface area contributed by atoms with Crippen molar-refractivity contribution in [2.75, 3.05) is 13.6 Å². The molecule has 0 N–H and O–H groups in total. The van der Waals surface area contributed by atoms with Crippen LogP contribution in [-0.4, -0.2) is 24.4 Å². The fourth-order valence-corrected chi connectivity index (χ4v) is 1.74. The van der Waals surface area contributed by atoms with Gasteiger partial charge < -0.3 is 9.32 Å². The van der Waals surface area contributed by atoms with Gasteiger partial charge in [-0.2, -0.15) is 0 Å². The first-order valence-electron chi connectivity index (χ1n) is 5.04. The number of carbonyl (C=O) groups is 1. The molecule has 1 aromatic rings. The molecule has 0 bridgehead atoms. The Bertz CT molecular complexity index is 335. The van der Waals surface area contributed by atoms with Crippen molar-refractivity contribution in [1.82, 2.24) is 4.90 Å². The lowest BCUT2D eigenvalue weighted by Gasteiger charge is -2.20. The van der Waals surface area contributed by atoms with E-state index in [1.165, 1.54) is 6.26 Å². The van der Waals surface area contributed by atoms with E-state index in [9.17, 15) is 4.79 Å². The van der Waals surface area contributed by atoms with E-state index < -0.39 is 0 Å². The van der Waals surface area contributed by atoms with E-state index in [-0.39, 0.29) is 5.91 Å². The van der Waals surface area contributed by atoms with Crippen LogP contribution >= 0.6 is 15.9 Å². The largest absolute Gasteiger partial charge is 0.457 e. The lowest BCUT2D eigenvalue weighted by molar-refractivity contribution is 0.0773. The lowest BCUT2D eigenvalue weighted by Crippen LogP contribution is -2.30. The summed E-state index contributed by atoms with van der Waals surface area (Å²) in [6, 6.07) is 1.68. The van der Waals surface area contributed by atoms with Crippen LogP contribution < -0.4 is 0 Å². The Morgan fingerprint density at radius 2 is 2.33 bits per heavy atom. The Kier molecular flexibility index (Phi) is 4.39. The van der Waals surface area contributed by atoms with Gasteiger partial charge in [-0.05, 0) is 27.9 Å². The quantitative estimate of drug-likeness (QED) is 0.845. The van der Waals surface area contributed by atoms with Crippen molar-refractivity contribution in [1.29, 1.82) is 0 Å². The van der Waals surface area contributed by atoms with Gasteiger partial charge in [-0.15, -0.1) is 0 Å². The molecule has 0 aliphatic rings. The molecule has 15 heavy (non-hydrogen) atoms. The second-order valence-electron chi connectivity index (χ2n) is 3.81. The van der Waals surface area contributed by atoms with Crippen LogP contribution in [-0.2, 0) is 0 Å². The highest BCUT2D eigenvalue weighted by atomic mass is 79.9. The molecular weight excluding hydrogens is 258 g/mol. The minimum absolute atomic E-state index is 0.00377. The molecule has 1 rings (SSSR count). The third-order valence-electron chi connectivity index (χ3n) is 2.48. The van der Waals surface area contributed by atoms with Crippen molar-refractivity contribution in [3.05, 3.63) is 22.6 Å². The smallest absolute Gasteiger partial charge is 0.258 e. The van der Waals surface area contributed by atoms with E-state index in [4.69, 9.17) is 4.42 Å². The summed E-state index contributed by atoms with van der Waals surface area (Å²) in [7, 11) is 1.81. The summed E-state index contributed by atoms with van der Waals surface area (Å²) in [6.45, 7) is 5.03. The number of nitrogens with zero attached hydrogens (tertiary/aromatic N) is 1. The molecule has 0 spiro atoms. The van der Waals surface area contributed by atoms with Gasteiger partial charge in [0.05, 0.1) is 11.8 Å². The third-order valence-corrected chi connectivity index (χ3v) is 3.09. The Morgan fingerprint density at radius 3 is 2.80 bits per heavy atom. The van der Waals surface area contributed by atoms with Crippen molar-refractivity contribution in [2.45, 2.75) is 20.3 Å². The number of halogens is 1. The maximum atomic E-state index is 11.9. The Balaban J connectivity index is 2.65. The predicted octanol–water partition coefficient (Wildman–Crippen LogP) is 3.16. The monoisotopic (exact) mass is 273 g/mol. The summed E-state index contributed by atoms with van der Waals surface area (Å²) in [5.74, 6) is 0.514. The maximum absolute atomic E-state index is 11.9. The van der Waals surface area contributed by atoms with Crippen molar-refractivity contribution in [2.24, 2.45) is 5.92 Å². The lowest BCUT2D eigenvalue weighted by atomic mass is 10.1. The van der Waals surface area contributed by atoms with Gasteiger partial charge in [-0.25, -0.2) is 0 Å². The molecule has 3 nitrogen and oxygen atoms in total. The number of furan rings is 1. The number of rotatable bonds is 4. The van der Waals surface area contributed by atoms with Crippen LogP contribution in [0.15, 0.2) is 21.4 Å². The highest BCUT2D eigenvalue weighted by Crippen LogP contribution is 2.19. The number of hydrogen-bond donors (Lipinski definition) is 0. The van der Waals surface area contributed by atoms with Crippen LogP contribution in [0, 0.1) is 5.92 Å². The topological polar surface area (TPSA) is 33.5 Å². The highest BCUT2D eigenvalue weighted by molar-refractivity contribution is 9.10. The molecule has 0 aliphatic heterocycles. The molecule has 1 heterocycles. The van der Waals surface area contributed by atoms with Crippen molar-refractivity contribution in [3.63, 3.8) is 0 Å². The standard InChI is InChI=1S/C11H16BrNO2/c1-4-8(2)7-13(3)11(14)9-5-6-15-10(9)12/h5-6,8H,4,7H2,1-3H3. The van der Waals surface area contributed by atoms with Gasteiger partial charge in [0.15, 0.2) is 4.67 Å². The molecule has 0 aliphatic carbocycles. The second kappa shape index (κ2) is 5.35. The van der Waals surface area contributed by atoms with Gasteiger partial charge in [0.2, 0.25) is 0 Å². The third kappa shape index (κ3) is 3.09. The number of carbonyl (C=O) groups excluding carboxylic acids is 1. The SMILES string of the molecule is CCC(C)CN(C)C(=O)c1ccoc1Br. The molecule has 0 aromatic carbocycles. The zero-order valence-corrected chi connectivity index (χ0v) is 10.9. The fraction of sp³-hybridized carbons (Fsp3) is 0.545. The van der Waals surface area contributed by atoms with Gasteiger partial charge in [0, 0.05) is 13.6 Å². The van der Waals surface area contributed by atoms with Crippen molar-refractivity contribution in [3.8, 4) is 0 Å². The average molecular weight is 274 g/mol. The minimum Gasteiger partial charge on any atom is -0.457 e. The van der Waals surface area contributed by atoms with E-state index in [0.717, 1.165) is 13.0 Å². The van der Waals surface area contributed by atoms with Gasteiger partial charge in [0.25, 0.3) is 5.91 Å². The van der Waals surface area contributed by atoms with E-state index in [2.05, 4.69) is 29.8 Å². The molecule has 0 fully saturated rings. The molecule has 0 saturated carbocycles. The van der Waals surface area contributed by atoms with Crippen LogP contribution in [0.1, 0.15) is 30.6 Å². The molecule has 1 aromatic heterocycles. The summed E-state index contributed by atoms with van der Waals surface area (Å²) in [5, 5.41) is 0. The van der Waals surface area contributed by atoms with Crippen LogP contribution in [0.5, 0.6) is 0 Å². The summed E-state index contributed by atoms with van der Waals surface area (Å²) in [6.07, 6.45) is 2.58. The number of hydrogen-bond acceptors (Lipinski definition) is 2. The predicted molar refractivity (Wildman–Crippen MR) is 62.8 cm³/mol. The summed E-state index contributed by atoms with van der Waals surface area (Å²) >= 11 is 3.20. The fourth-order valence-electron chi connectivity index (χ4n) is 1.33. The molecule has 84 valence electrons. The maximum Gasteiger partial charge on any atom is 0.258 e. The van der Waals surface area contributed by atoms with Crippen LogP contribution in [0.4, 0.5) is 0 Å². The van der Waals surface area contributed by atoms with Gasteiger partial charge >= 0.3 is 0 Å². The molecule has 4 heteroatoms. The minimum atomic E-state index is -0.00377.